The van der Waals surface area contributed by atoms with Crippen LogP contribution >= 0.6 is 15.9 Å². The molecule has 1 heterocycles. The Morgan fingerprint density at radius 3 is 2.59 bits per heavy atom. The number of nitrogens with one attached hydrogen (secondary N) is 1. The lowest BCUT2D eigenvalue weighted by Crippen LogP contribution is -2.31. The molecular weight excluding hydrogens is 467 g/mol. The normalized spacial score (nSPS) is 13.1. The van der Waals surface area contributed by atoms with E-state index in [0.717, 1.165) is 6.26 Å². The van der Waals surface area contributed by atoms with Crippen LogP contribution in [0.3, 0.4) is 0 Å². The fourth-order valence-electron chi connectivity index (χ4n) is 2.86. The van der Waals surface area contributed by atoms with E-state index in [2.05, 4.69) is 21.2 Å². The van der Waals surface area contributed by atoms with E-state index in [0.29, 0.717) is 34.9 Å². The van der Waals surface area contributed by atoms with Crippen LogP contribution in [0.4, 0.5) is 15.8 Å². The number of rotatable bonds is 7. The smallest absolute Gasteiger partial charge is 0.232 e. The number of hydrogen-bond acceptors (Lipinski definition) is 5. The number of carbonyl (C=O) groups is 1. The Morgan fingerprint density at radius 1 is 1.17 bits per heavy atom. The van der Waals surface area contributed by atoms with Gasteiger partial charge >= 0.3 is 0 Å². The second-order valence-corrected chi connectivity index (χ2v) is 9.26. The molecule has 0 bridgehead atoms. The minimum Gasteiger partial charge on any atom is -0.486 e. The van der Waals surface area contributed by atoms with Crippen molar-refractivity contribution in [3.63, 3.8) is 0 Å². The average molecular weight is 487 g/mol. The lowest BCUT2D eigenvalue weighted by Gasteiger charge is -2.25. The zero-order chi connectivity index (χ0) is 21.0. The molecule has 0 spiro atoms. The van der Waals surface area contributed by atoms with Gasteiger partial charge in [-0.1, -0.05) is 15.9 Å². The van der Waals surface area contributed by atoms with Gasteiger partial charge in [-0.05, 0) is 36.8 Å². The van der Waals surface area contributed by atoms with Crippen molar-refractivity contribution in [2.24, 2.45) is 0 Å². The van der Waals surface area contributed by atoms with Crippen molar-refractivity contribution in [2.45, 2.75) is 12.8 Å². The molecule has 3 rings (SSSR count). The first-order valence-corrected chi connectivity index (χ1v) is 11.5. The molecule has 0 unspecified atom stereocenters. The molecule has 2 aromatic rings. The number of ether oxygens (including phenoxy) is 2. The molecule has 0 saturated heterocycles. The van der Waals surface area contributed by atoms with E-state index in [1.165, 1.54) is 16.4 Å². The number of carbonyl (C=O) groups excluding carboxylic acids is 1. The molecule has 0 aromatic heterocycles. The average Bonchev–Trinajstić information content (AvgIpc) is 2.66. The Hall–Kier alpha value is -2.33. The summed E-state index contributed by atoms with van der Waals surface area (Å²) in [4.78, 5) is 12.1. The summed E-state index contributed by atoms with van der Waals surface area (Å²) < 4.78 is 51.0. The van der Waals surface area contributed by atoms with Crippen molar-refractivity contribution < 1.29 is 27.1 Å². The van der Waals surface area contributed by atoms with Gasteiger partial charge in [0.25, 0.3) is 0 Å². The monoisotopic (exact) mass is 486 g/mol. The third-order valence-corrected chi connectivity index (χ3v) is 5.87. The summed E-state index contributed by atoms with van der Waals surface area (Å²) in [6.45, 7) is 0.924. The largest absolute Gasteiger partial charge is 0.486 e. The number of nitrogens with zero attached hydrogens (tertiary/aromatic N) is 1. The van der Waals surface area contributed by atoms with Crippen LogP contribution < -0.4 is 19.1 Å². The van der Waals surface area contributed by atoms with Crippen molar-refractivity contribution in [3.05, 3.63) is 46.7 Å². The van der Waals surface area contributed by atoms with Crippen molar-refractivity contribution in [2.75, 3.05) is 35.6 Å². The third-order valence-electron chi connectivity index (χ3n) is 4.18. The maximum Gasteiger partial charge on any atom is 0.232 e. The lowest BCUT2D eigenvalue weighted by atomic mass is 10.2. The molecule has 1 aliphatic heterocycles. The van der Waals surface area contributed by atoms with Crippen LogP contribution in [0.25, 0.3) is 0 Å². The summed E-state index contributed by atoms with van der Waals surface area (Å²) >= 11 is 3.15. The Bertz CT molecular complexity index is 1020. The molecule has 1 N–H and O–H groups in total. The molecule has 1 aliphatic rings. The summed E-state index contributed by atoms with van der Waals surface area (Å²) in [6, 6.07) is 9.22. The van der Waals surface area contributed by atoms with E-state index >= 15 is 0 Å². The number of amides is 1. The van der Waals surface area contributed by atoms with Gasteiger partial charge in [0.1, 0.15) is 19.0 Å². The van der Waals surface area contributed by atoms with Gasteiger partial charge in [0.15, 0.2) is 11.5 Å². The molecule has 0 aliphatic carbocycles. The summed E-state index contributed by atoms with van der Waals surface area (Å²) in [6.07, 6.45) is 1.39. The first kappa shape index (κ1) is 21.4. The molecule has 0 radical (unpaired) electrons. The lowest BCUT2D eigenvalue weighted by molar-refractivity contribution is -0.116. The Kier molecular flexibility index (Phi) is 6.63. The molecule has 10 heteroatoms. The second kappa shape index (κ2) is 9.00. The quantitative estimate of drug-likeness (QED) is 0.646. The van der Waals surface area contributed by atoms with Crippen molar-refractivity contribution >= 4 is 43.2 Å². The van der Waals surface area contributed by atoms with Gasteiger partial charge < -0.3 is 14.8 Å². The fourth-order valence-corrected chi connectivity index (χ4v) is 4.15. The molecule has 0 saturated carbocycles. The van der Waals surface area contributed by atoms with E-state index in [1.807, 2.05) is 0 Å². The SMILES string of the molecule is CS(=O)(=O)N(CCCC(=O)Nc1ccc(Br)cc1F)c1ccc2c(c1)OCCO2. The highest BCUT2D eigenvalue weighted by molar-refractivity contribution is 9.10. The van der Waals surface area contributed by atoms with Gasteiger partial charge in [-0.3, -0.25) is 9.10 Å². The van der Waals surface area contributed by atoms with Crippen LogP contribution in [0, 0.1) is 5.82 Å². The van der Waals surface area contributed by atoms with Crippen LogP contribution in [0.15, 0.2) is 40.9 Å². The van der Waals surface area contributed by atoms with E-state index in [1.54, 1.807) is 24.3 Å². The van der Waals surface area contributed by atoms with Gasteiger partial charge in [0.05, 0.1) is 17.6 Å². The first-order chi connectivity index (χ1) is 13.7. The number of benzene rings is 2. The van der Waals surface area contributed by atoms with Gasteiger partial charge in [-0.25, -0.2) is 12.8 Å². The van der Waals surface area contributed by atoms with E-state index < -0.39 is 21.7 Å². The maximum absolute atomic E-state index is 13.8. The van der Waals surface area contributed by atoms with E-state index in [9.17, 15) is 17.6 Å². The molecule has 7 nitrogen and oxygen atoms in total. The maximum atomic E-state index is 13.8. The number of fused-ring (bicyclic) bond motifs is 1. The van der Waals surface area contributed by atoms with Gasteiger partial charge in [-0.15, -0.1) is 0 Å². The Balaban J connectivity index is 1.63. The number of sulfonamides is 1. The molecule has 156 valence electrons. The van der Waals surface area contributed by atoms with Crippen LogP contribution in [0.5, 0.6) is 11.5 Å². The minimum absolute atomic E-state index is 0.0338. The van der Waals surface area contributed by atoms with Crippen LogP contribution in [-0.2, 0) is 14.8 Å². The van der Waals surface area contributed by atoms with Gasteiger partial charge in [0.2, 0.25) is 15.9 Å². The second-order valence-electron chi connectivity index (χ2n) is 6.44. The molecule has 1 amide bonds. The molecule has 0 atom stereocenters. The standard InChI is InChI=1S/C19H20BrFN2O5S/c1-29(25,26)23(14-5-7-17-18(12-14)28-10-9-27-17)8-2-3-19(24)22-16-6-4-13(20)11-15(16)21/h4-7,11-12H,2-3,8-10H2,1H3,(H,22,24). The van der Waals surface area contributed by atoms with Gasteiger partial charge in [-0.2, -0.15) is 0 Å². The van der Waals surface area contributed by atoms with Crippen molar-refractivity contribution in [3.8, 4) is 11.5 Å². The predicted octanol–water partition coefficient (Wildman–Crippen LogP) is 3.54. The number of halogens is 2. The minimum atomic E-state index is -3.57. The summed E-state index contributed by atoms with van der Waals surface area (Å²) in [5, 5.41) is 2.49. The van der Waals surface area contributed by atoms with E-state index in [-0.39, 0.29) is 25.1 Å². The van der Waals surface area contributed by atoms with Crippen molar-refractivity contribution in [1.29, 1.82) is 0 Å². The molecule has 29 heavy (non-hydrogen) atoms. The van der Waals surface area contributed by atoms with Crippen molar-refractivity contribution in [1.82, 2.24) is 0 Å². The van der Waals surface area contributed by atoms with Crippen LogP contribution in [0.2, 0.25) is 0 Å². The highest BCUT2D eigenvalue weighted by atomic mass is 79.9. The molecule has 0 fully saturated rings. The van der Waals surface area contributed by atoms with Crippen LogP contribution in [0.1, 0.15) is 12.8 Å². The highest BCUT2D eigenvalue weighted by Gasteiger charge is 2.21. The summed E-state index contributed by atoms with van der Waals surface area (Å²) in [5.74, 6) is 0.0822. The highest BCUT2D eigenvalue weighted by Crippen LogP contribution is 2.34. The van der Waals surface area contributed by atoms with E-state index in [4.69, 9.17) is 9.47 Å². The third kappa shape index (κ3) is 5.60. The topological polar surface area (TPSA) is 84.9 Å². The predicted molar refractivity (Wildman–Crippen MR) is 112 cm³/mol. The molecule has 2 aromatic carbocycles. The van der Waals surface area contributed by atoms with Gasteiger partial charge in [0, 0.05) is 23.5 Å². The zero-order valence-electron chi connectivity index (χ0n) is 15.7. The number of anilines is 2. The number of hydrogen-bond donors (Lipinski definition) is 1. The zero-order valence-corrected chi connectivity index (χ0v) is 18.1. The first-order valence-electron chi connectivity index (χ1n) is 8.86. The molecular formula is C19H20BrFN2O5S. The van der Waals surface area contributed by atoms with Crippen LogP contribution in [-0.4, -0.2) is 40.3 Å². The summed E-state index contributed by atoms with van der Waals surface area (Å²) in [7, 11) is -3.57. The summed E-state index contributed by atoms with van der Waals surface area (Å²) in [5.41, 5.74) is 0.501. The fraction of sp³-hybridized carbons (Fsp3) is 0.316. The Labute approximate surface area is 177 Å². The Morgan fingerprint density at radius 2 is 1.90 bits per heavy atom.